The van der Waals surface area contributed by atoms with Gasteiger partial charge in [0.25, 0.3) is 0 Å². The Morgan fingerprint density at radius 1 is 1.41 bits per heavy atom. The molecule has 0 unspecified atom stereocenters. The number of fused-ring (bicyclic) bond motifs is 2. The number of aryl methyl sites for hydroxylation is 1. The zero-order valence-corrected chi connectivity index (χ0v) is 17.7. The molecule has 4 N–H and O–H groups in total. The summed E-state index contributed by atoms with van der Waals surface area (Å²) in [6, 6.07) is -0.861. The number of urea groups is 1. The minimum atomic E-state index is -3.54. The van der Waals surface area contributed by atoms with E-state index in [0.717, 1.165) is 41.9 Å². The van der Waals surface area contributed by atoms with Crippen molar-refractivity contribution in [3.05, 3.63) is 33.7 Å². The van der Waals surface area contributed by atoms with Gasteiger partial charge in [0.1, 0.15) is 21.0 Å². The van der Waals surface area contributed by atoms with E-state index in [9.17, 15) is 18.5 Å². The molecule has 0 bridgehead atoms. The molecule has 2 aromatic heterocycles. The number of hydrogen-bond donors (Lipinski definition) is 3. The van der Waals surface area contributed by atoms with Gasteiger partial charge in [0.2, 0.25) is 0 Å². The summed E-state index contributed by atoms with van der Waals surface area (Å²) in [6.45, 7) is 3.08. The molecule has 2 atom stereocenters. The Morgan fingerprint density at radius 2 is 2.17 bits per heavy atom. The number of hydrogen-bond acceptors (Lipinski definition) is 6. The number of carbonyl (C=O) groups excluding carboxylic acids is 1. The van der Waals surface area contributed by atoms with Crippen molar-refractivity contribution in [2.45, 2.75) is 61.9 Å². The molecule has 0 aromatic carbocycles. The number of aromatic nitrogens is 2. The van der Waals surface area contributed by atoms with Crippen molar-refractivity contribution >= 4 is 33.0 Å². The van der Waals surface area contributed by atoms with E-state index in [1.54, 1.807) is 13.8 Å². The summed E-state index contributed by atoms with van der Waals surface area (Å²) in [5, 5.41) is 18.8. The lowest BCUT2D eigenvalue weighted by Crippen LogP contribution is -2.18. The molecule has 8 nitrogen and oxygen atoms in total. The molecule has 0 spiro atoms. The molecule has 29 heavy (non-hydrogen) atoms. The third kappa shape index (κ3) is 3.79. The third-order valence-electron chi connectivity index (χ3n) is 5.05. The van der Waals surface area contributed by atoms with Gasteiger partial charge < -0.3 is 10.4 Å². The molecular formula is C18H22FN5O3S2. The first kappa shape index (κ1) is 20.3. The highest BCUT2D eigenvalue weighted by molar-refractivity contribution is 7.93. The fourth-order valence-electron chi connectivity index (χ4n) is 3.69. The number of rotatable bonds is 3. The second-order valence-corrected chi connectivity index (χ2v) is 10.8. The molecule has 0 fully saturated rings. The zero-order chi connectivity index (χ0) is 21.0. The first-order valence-corrected chi connectivity index (χ1v) is 11.7. The lowest BCUT2D eigenvalue weighted by molar-refractivity contribution is 0.0783. The molecule has 0 aliphatic heterocycles. The monoisotopic (exact) mass is 439 g/mol. The number of amides is 2. The number of thiazole rings is 1. The first-order chi connectivity index (χ1) is 13.6. The number of aliphatic hydroxyl groups is 1. The van der Waals surface area contributed by atoms with Crippen LogP contribution in [0.1, 0.15) is 60.4 Å². The van der Waals surface area contributed by atoms with Crippen molar-refractivity contribution in [3.8, 4) is 0 Å². The van der Waals surface area contributed by atoms with E-state index in [2.05, 4.69) is 19.6 Å². The Morgan fingerprint density at radius 3 is 2.86 bits per heavy atom. The molecule has 2 heterocycles. The molecule has 0 radical (unpaired) electrons. The minimum absolute atomic E-state index is 0.0961. The molecular weight excluding hydrogens is 417 g/mol. The van der Waals surface area contributed by atoms with Crippen LogP contribution in [0.15, 0.2) is 14.8 Å². The van der Waals surface area contributed by atoms with E-state index in [1.165, 1.54) is 6.20 Å². The normalized spacial score (nSPS) is 20.1. The van der Waals surface area contributed by atoms with Gasteiger partial charge in [0, 0.05) is 11.3 Å². The molecule has 4 rings (SSSR count). The van der Waals surface area contributed by atoms with E-state index < -0.39 is 27.7 Å². The zero-order valence-electron chi connectivity index (χ0n) is 16.1. The number of nitrogens with zero attached hydrogens (tertiary/aromatic N) is 3. The van der Waals surface area contributed by atoms with E-state index in [1.807, 2.05) is 0 Å². The Bertz CT molecular complexity index is 1120. The van der Waals surface area contributed by atoms with Crippen molar-refractivity contribution < 1.29 is 18.5 Å². The standard InChI is InChI=1S/C18H22FN5O3S2/c1-18(2,26)16-21-8-13(28-16)29(20,27)24-17(25)23-14-9-4-3-5-12(9)22-15-10(14)6-7-11(15)19/h8,11,26H,3-7H2,1-2H3,(H3,20,22,23,24,25,27)/t11-,29+/m1/s1. The van der Waals surface area contributed by atoms with Gasteiger partial charge in [-0.3, -0.25) is 4.98 Å². The van der Waals surface area contributed by atoms with E-state index >= 15 is 0 Å². The molecule has 156 valence electrons. The van der Waals surface area contributed by atoms with Gasteiger partial charge >= 0.3 is 6.03 Å². The number of nitrogens with two attached hydrogens (primary N) is 1. The van der Waals surface area contributed by atoms with Gasteiger partial charge in [0.05, 0.1) is 17.6 Å². The molecule has 0 saturated heterocycles. The fourth-order valence-corrected chi connectivity index (χ4v) is 5.75. The molecule has 0 saturated carbocycles. The van der Waals surface area contributed by atoms with Crippen LogP contribution in [0, 0.1) is 0 Å². The Labute approximate surface area is 172 Å². The highest BCUT2D eigenvalue weighted by Crippen LogP contribution is 2.42. The van der Waals surface area contributed by atoms with Crippen LogP contribution in [0.2, 0.25) is 0 Å². The van der Waals surface area contributed by atoms with Gasteiger partial charge in [-0.2, -0.15) is 0 Å². The number of pyridine rings is 1. The molecule has 2 aromatic rings. The van der Waals surface area contributed by atoms with E-state index in [0.29, 0.717) is 34.8 Å². The van der Waals surface area contributed by atoms with Crippen molar-refractivity contribution in [2.24, 2.45) is 9.50 Å². The second-order valence-electron chi connectivity index (χ2n) is 7.77. The second kappa shape index (κ2) is 7.08. The van der Waals surface area contributed by atoms with Crippen LogP contribution in [0.5, 0.6) is 0 Å². The molecule has 2 aliphatic rings. The van der Waals surface area contributed by atoms with E-state index in [4.69, 9.17) is 5.14 Å². The largest absolute Gasteiger partial charge is 0.383 e. The summed E-state index contributed by atoms with van der Waals surface area (Å²) in [4.78, 5) is 21.0. The van der Waals surface area contributed by atoms with Crippen LogP contribution < -0.4 is 10.5 Å². The smallest absolute Gasteiger partial charge is 0.354 e. The van der Waals surface area contributed by atoms with Crippen LogP contribution >= 0.6 is 11.3 Å². The summed E-state index contributed by atoms with van der Waals surface area (Å²) in [7, 11) is -3.54. The molecule has 2 amide bonds. The predicted molar refractivity (Wildman–Crippen MR) is 108 cm³/mol. The third-order valence-corrected chi connectivity index (χ3v) is 8.24. The van der Waals surface area contributed by atoms with Gasteiger partial charge in [-0.25, -0.2) is 23.5 Å². The first-order valence-electron chi connectivity index (χ1n) is 9.29. The maximum Gasteiger partial charge on any atom is 0.354 e. The molecule has 11 heteroatoms. The van der Waals surface area contributed by atoms with Crippen LogP contribution in [0.4, 0.5) is 14.9 Å². The van der Waals surface area contributed by atoms with Gasteiger partial charge in [0.15, 0.2) is 9.92 Å². The average Bonchev–Trinajstić information content (AvgIpc) is 3.33. The highest BCUT2D eigenvalue weighted by Gasteiger charge is 2.32. The van der Waals surface area contributed by atoms with Crippen molar-refractivity contribution in [3.63, 3.8) is 0 Å². The number of nitrogens with one attached hydrogen (secondary N) is 1. The van der Waals surface area contributed by atoms with Crippen LogP contribution in [0.3, 0.4) is 0 Å². The summed E-state index contributed by atoms with van der Waals surface area (Å²) in [6.07, 6.45) is 3.30. The van der Waals surface area contributed by atoms with Crippen LogP contribution in [0.25, 0.3) is 0 Å². The van der Waals surface area contributed by atoms with E-state index in [-0.39, 0.29) is 4.21 Å². The average molecular weight is 440 g/mol. The van der Waals surface area contributed by atoms with Crippen LogP contribution in [-0.4, -0.2) is 25.3 Å². The van der Waals surface area contributed by atoms with Crippen molar-refractivity contribution in [1.29, 1.82) is 0 Å². The number of anilines is 1. The minimum Gasteiger partial charge on any atom is -0.383 e. The SMILES string of the molecule is CC(C)(O)c1ncc([S@@](N)(=O)=NC(=O)Nc2c3c(nc4c2CC[C@H]4F)CCC3)s1. The Balaban J connectivity index is 1.66. The predicted octanol–water partition coefficient (Wildman–Crippen LogP) is 3.14. The number of halogens is 1. The summed E-state index contributed by atoms with van der Waals surface area (Å²) in [5.74, 6) is 0. The number of alkyl halides is 1. The van der Waals surface area contributed by atoms with Gasteiger partial charge in [-0.1, -0.05) is 0 Å². The Kier molecular flexibility index (Phi) is 4.96. The summed E-state index contributed by atoms with van der Waals surface area (Å²) in [5.41, 5.74) is 2.08. The van der Waals surface area contributed by atoms with Crippen LogP contribution in [-0.2, 0) is 34.8 Å². The summed E-state index contributed by atoms with van der Waals surface area (Å²) < 4.78 is 30.8. The van der Waals surface area contributed by atoms with Gasteiger partial charge in [-0.15, -0.1) is 15.7 Å². The quantitative estimate of drug-likeness (QED) is 0.676. The maximum absolute atomic E-state index is 14.2. The molecule has 2 aliphatic carbocycles. The fraction of sp³-hybridized carbons (Fsp3) is 0.500. The van der Waals surface area contributed by atoms with Crippen molar-refractivity contribution in [1.82, 2.24) is 9.97 Å². The van der Waals surface area contributed by atoms with Crippen molar-refractivity contribution in [2.75, 3.05) is 5.32 Å². The lowest BCUT2D eigenvalue weighted by Gasteiger charge is -2.14. The number of carbonyl (C=O) groups is 1. The van der Waals surface area contributed by atoms with Gasteiger partial charge in [-0.05, 0) is 51.5 Å². The highest BCUT2D eigenvalue weighted by atomic mass is 32.2. The topological polar surface area (TPSA) is 131 Å². The maximum atomic E-state index is 14.2. The lowest BCUT2D eigenvalue weighted by atomic mass is 10.1. The Hall–Kier alpha value is -1.95. The summed E-state index contributed by atoms with van der Waals surface area (Å²) >= 11 is 0.941.